The lowest BCUT2D eigenvalue weighted by Crippen LogP contribution is -1.97. The van der Waals surface area contributed by atoms with Crippen molar-refractivity contribution >= 4 is 5.97 Å². The van der Waals surface area contributed by atoms with E-state index in [1.54, 1.807) is 18.2 Å². The Kier molecular flexibility index (Phi) is 9.47. The van der Waals surface area contributed by atoms with Crippen molar-refractivity contribution in [2.75, 3.05) is 0 Å². The first-order valence-electron chi connectivity index (χ1n) is 10.4. The van der Waals surface area contributed by atoms with Crippen LogP contribution >= 0.6 is 0 Å². The van der Waals surface area contributed by atoms with Crippen LogP contribution in [0.4, 0.5) is 0 Å². The monoisotopic (exact) mass is 358 g/mol. The second-order valence-electron chi connectivity index (χ2n) is 7.35. The molecule has 0 saturated carbocycles. The van der Waals surface area contributed by atoms with Crippen molar-refractivity contribution in [3.05, 3.63) is 47.5 Å². The zero-order valence-corrected chi connectivity index (χ0v) is 16.2. The van der Waals surface area contributed by atoms with Gasteiger partial charge in [-0.2, -0.15) is 0 Å². The fourth-order valence-electron chi connectivity index (χ4n) is 3.37. The van der Waals surface area contributed by atoms with Crippen LogP contribution in [0.5, 0.6) is 0 Å². The van der Waals surface area contributed by atoms with Crippen LogP contribution in [0.2, 0.25) is 0 Å². The molecule has 1 aromatic carbocycles. The standard InChI is InChI=1S/C23H34O3/c1-2-3-4-5-6-7-8-9-10-11-12-13-17-21-22(26-21)19-15-14-16-20(18-19)23(24)25/h13-18,21-22H,2-12H2,1H3,(H,24,25)/b17-13+. The summed E-state index contributed by atoms with van der Waals surface area (Å²) in [6, 6.07) is 7.05. The molecule has 1 aliphatic heterocycles. The lowest BCUT2D eigenvalue weighted by Gasteiger charge is -2.01. The number of rotatable bonds is 14. The van der Waals surface area contributed by atoms with Gasteiger partial charge in [-0.15, -0.1) is 0 Å². The topological polar surface area (TPSA) is 49.8 Å². The molecule has 0 aliphatic carbocycles. The van der Waals surface area contributed by atoms with Gasteiger partial charge in [-0.3, -0.25) is 0 Å². The highest BCUT2D eigenvalue weighted by Crippen LogP contribution is 2.39. The number of benzene rings is 1. The number of aromatic carboxylic acids is 1. The summed E-state index contributed by atoms with van der Waals surface area (Å²) < 4.78 is 5.66. The van der Waals surface area contributed by atoms with Crippen molar-refractivity contribution < 1.29 is 14.6 Å². The quantitative estimate of drug-likeness (QED) is 0.229. The summed E-state index contributed by atoms with van der Waals surface area (Å²) >= 11 is 0. The van der Waals surface area contributed by atoms with Crippen molar-refractivity contribution in [1.82, 2.24) is 0 Å². The second kappa shape index (κ2) is 11.9. The number of hydrogen-bond donors (Lipinski definition) is 1. The van der Waals surface area contributed by atoms with Gasteiger partial charge >= 0.3 is 5.97 Å². The molecule has 1 N–H and O–H groups in total. The van der Waals surface area contributed by atoms with E-state index in [0.29, 0.717) is 5.56 Å². The van der Waals surface area contributed by atoms with Crippen LogP contribution in [-0.2, 0) is 4.74 Å². The van der Waals surface area contributed by atoms with Crippen molar-refractivity contribution in [2.45, 2.75) is 89.8 Å². The SMILES string of the molecule is CCCCCCCCCCCC/C=C/C1OC1c1cccc(C(=O)O)c1. The van der Waals surface area contributed by atoms with Gasteiger partial charge in [-0.25, -0.2) is 4.79 Å². The molecule has 1 fully saturated rings. The van der Waals surface area contributed by atoms with Crippen LogP contribution in [0, 0.1) is 0 Å². The molecule has 1 heterocycles. The zero-order chi connectivity index (χ0) is 18.6. The van der Waals surface area contributed by atoms with Crippen LogP contribution in [-0.4, -0.2) is 17.2 Å². The predicted octanol–water partition coefficient (Wildman–Crippen LogP) is 6.69. The molecule has 1 aromatic rings. The van der Waals surface area contributed by atoms with Gasteiger partial charge in [-0.05, 0) is 30.5 Å². The Morgan fingerprint density at radius 2 is 1.69 bits per heavy atom. The number of carbonyl (C=O) groups is 1. The van der Waals surface area contributed by atoms with Crippen LogP contribution in [0.25, 0.3) is 0 Å². The van der Waals surface area contributed by atoms with Gasteiger partial charge in [-0.1, -0.05) is 89.0 Å². The maximum atomic E-state index is 11.0. The molecular weight excluding hydrogens is 324 g/mol. The molecule has 2 unspecified atom stereocenters. The van der Waals surface area contributed by atoms with E-state index in [4.69, 9.17) is 9.84 Å². The molecule has 0 amide bonds. The van der Waals surface area contributed by atoms with Crippen LogP contribution in [0.1, 0.15) is 99.6 Å². The van der Waals surface area contributed by atoms with Gasteiger partial charge in [0.15, 0.2) is 0 Å². The third-order valence-corrected chi connectivity index (χ3v) is 5.04. The number of carboxylic acid groups (broad SMARTS) is 1. The molecule has 2 atom stereocenters. The molecule has 1 saturated heterocycles. The highest BCUT2D eigenvalue weighted by Gasteiger charge is 2.37. The zero-order valence-electron chi connectivity index (χ0n) is 16.2. The first-order chi connectivity index (χ1) is 12.7. The molecule has 0 bridgehead atoms. The fourth-order valence-corrected chi connectivity index (χ4v) is 3.37. The summed E-state index contributed by atoms with van der Waals surface area (Å²) in [6.45, 7) is 2.26. The minimum Gasteiger partial charge on any atom is -0.478 e. The molecule has 0 radical (unpaired) electrons. The van der Waals surface area contributed by atoms with E-state index in [9.17, 15) is 4.79 Å². The Morgan fingerprint density at radius 1 is 1.04 bits per heavy atom. The Hall–Kier alpha value is -1.61. The third kappa shape index (κ3) is 7.74. The highest BCUT2D eigenvalue weighted by molar-refractivity contribution is 5.87. The van der Waals surface area contributed by atoms with E-state index in [1.165, 1.54) is 64.2 Å². The maximum absolute atomic E-state index is 11.0. The predicted molar refractivity (Wildman–Crippen MR) is 107 cm³/mol. The van der Waals surface area contributed by atoms with Gasteiger partial charge in [0.25, 0.3) is 0 Å². The average molecular weight is 359 g/mol. The van der Waals surface area contributed by atoms with Gasteiger partial charge in [0, 0.05) is 0 Å². The van der Waals surface area contributed by atoms with Crippen molar-refractivity contribution in [3.63, 3.8) is 0 Å². The van der Waals surface area contributed by atoms with E-state index >= 15 is 0 Å². The lowest BCUT2D eigenvalue weighted by molar-refractivity contribution is 0.0696. The van der Waals surface area contributed by atoms with Crippen molar-refractivity contribution in [2.24, 2.45) is 0 Å². The lowest BCUT2D eigenvalue weighted by atomic mass is 10.0. The first-order valence-corrected chi connectivity index (χ1v) is 10.4. The third-order valence-electron chi connectivity index (χ3n) is 5.04. The van der Waals surface area contributed by atoms with E-state index in [1.807, 2.05) is 6.07 Å². The molecule has 26 heavy (non-hydrogen) atoms. The number of unbranched alkanes of at least 4 members (excludes halogenated alkanes) is 10. The molecule has 0 spiro atoms. The van der Waals surface area contributed by atoms with E-state index in [-0.39, 0.29) is 12.2 Å². The molecule has 1 aliphatic rings. The summed E-state index contributed by atoms with van der Waals surface area (Å²) in [5.74, 6) is -0.888. The second-order valence-corrected chi connectivity index (χ2v) is 7.35. The summed E-state index contributed by atoms with van der Waals surface area (Å²) in [6.07, 6.45) is 19.2. The molecular formula is C23H34O3. The minimum atomic E-state index is -0.888. The Bertz CT molecular complexity index is 564. The van der Waals surface area contributed by atoms with Crippen molar-refractivity contribution in [1.29, 1.82) is 0 Å². The summed E-state index contributed by atoms with van der Waals surface area (Å²) in [4.78, 5) is 11.0. The molecule has 3 heteroatoms. The van der Waals surface area contributed by atoms with Crippen LogP contribution in [0.15, 0.2) is 36.4 Å². The summed E-state index contributed by atoms with van der Waals surface area (Å²) in [5.41, 5.74) is 1.28. The smallest absolute Gasteiger partial charge is 0.335 e. The molecule has 2 rings (SSSR count). The minimum absolute atomic E-state index is 0.0262. The first kappa shape index (κ1) is 20.7. The molecule has 144 valence electrons. The van der Waals surface area contributed by atoms with Crippen molar-refractivity contribution in [3.8, 4) is 0 Å². The highest BCUT2D eigenvalue weighted by atomic mass is 16.6. The van der Waals surface area contributed by atoms with E-state index in [0.717, 1.165) is 12.0 Å². The molecule has 0 aromatic heterocycles. The summed E-state index contributed by atoms with van der Waals surface area (Å²) in [5, 5.41) is 9.05. The van der Waals surface area contributed by atoms with Gasteiger partial charge in [0.1, 0.15) is 12.2 Å². The normalized spacial score (nSPS) is 19.1. The van der Waals surface area contributed by atoms with E-state index < -0.39 is 5.97 Å². The summed E-state index contributed by atoms with van der Waals surface area (Å²) in [7, 11) is 0. The number of epoxide rings is 1. The Labute approximate surface area is 158 Å². The maximum Gasteiger partial charge on any atom is 0.335 e. The number of allylic oxidation sites excluding steroid dienone is 1. The van der Waals surface area contributed by atoms with Gasteiger partial charge in [0.05, 0.1) is 5.56 Å². The average Bonchev–Trinajstić information content (AvgIpc) is 3.42. The number of ether oxygens (including phenoxy) is 1. The fraction of sp³-hybridized carbons (Fsp3) is 0.609. The Balaban J connectivity index is 1.49. The van der Waals surface area contributed by atoms with Crippen LogP contribution < -0.4 is 0 Å². The largest absolute Gasteiger partial charge is 0.478 e. The van der Waals surface area contributed by atoms with Gasteiger partial charge in [0.2, 0.25) is 0 Å². The van der Waals surface area contributed by atoms with Gasteiger partial charge < -0.3 is 9.84 Å². The van der Waals surface area contributed by atoms with Crippen LogP contribution in [0.3, 0.4) is 0 Å². The van der Waals surface area contributed by atoms with E-state index in [2.05, 4.69) is 19.1 Å². The Morgan fingerprint density at radius 3 is 2.35 bits per heavy atom. The number of carboxylic acids is 1. The number of hydrogen-bond acceptors (Lipinski definition) is 2. The molecule has 3 nitrogen and oxygen atoms in total.